The van der Waals surface area contributed by atoms with E-state index in [1.54, 1.807) is 5.56 Å². The molecule has 0 unspecified atom stereocenters. The molecule has 1 aliphatic carbocycles. The maximum absolute atomic E-state index is 3.90. The van der Waals surface area contributed by atoms with Crippen LogP contribution in [0.2, 0.25) is 0 Å². The highest BCUT2D eigenvalue weighted by molar-refractivity contribution is 5.25. The van der Waals surface area contributed by atoms with Gasteiger partial charge in [0.25, 0.3) is 0 Å². The van der Waals surface area contributed by atoms with Crippen molar-refractivity contribution in [3.8, 4) is 0 Å². The summed E-state index contributed by atoms with van der Waals surface area (Å²) in [5.41, 5.74) is 2.99. The largest absolute Gasteiger partial charge is 0.103 e. The van der Waals surface area contributed by atoms with Gasteiger partial charge in [0.1, 0.15) is 0 Å². The van der Waals surface area contributed by atoms with Crippen LogP contribution in [0.4, 0.5) is 0 Å². The van der Waals surface area contributed by atoms with E-state index >= 15 is 0 Å². The molecule has 86 valence electrons. The Morgan fingerprint density at radius 1 is 1.12 bits per heavy atom. The molecule has 0 radical (unpaired) electrons. The number of aryl methyl sites for hydroxylation is 1. The van der Waals surface area contributed by atoms with Crippen LogP contribution in [-0.2, 0) is 6.42 Å². The first-order valence-corrected chi connectivity index (χ1v) is 6.55. The maximum Gasteiger partial charge on any atom is -0.0162 e. The van der Waals surface area contributed by atoms with E-state index in [1.165, 1.54) is 31.2 Å². The molecule has 0 nitrogen and oxygen atoms in total. The van der Waals surface area contributed by atoms with Gasteiger partial charge in [-0.3, -0.25) is 0 Å². The Kier molecular flexibility index (Phi) is 3.82. The van der Waals surface area contributed by atoms with Gasteiger partial charge in [0.15, 0.2) is 0 Å². The van der Waals surface area contributed by atoms with Crippen LogP contribution in [0.5, 0.6) is 0 Å². The van der Waals surface area contributed by atoms with Crippen LogP contribution in [-0.4, -0.2) is 0 Å². The van der Waals surface area contributed by atoms with Gasteiger partial charge >= 0.3 is 0 Å². The Hall–Kier alpha value is -1.04. The van der Waals surface area contributed by atoms with Crippen molar-refractivity contribution < 1.29 is 0 Å². The van der Waals surface area contributed by atoms with Gasteiger partial charge in [0.2, 0.25) is 0 Å². The molecule has 0 aliphatic heterocycles. The zero-order valence-electron chi connectivity index (χ0n) is 10.3. The number of rotatable bonds is 3. The number of benzene rings is 1. The van der Waals surface area contributed by atoms with Gasteiger partial charge in [-0.15, -0.1) is 6.58 Å². The van der Waals surface area contributed by atoms with Gasteiger partial charge in [-0.1, -0.05) is 37.3 Å². The molecule has 0 bridgehead atoms. The molecule has 0 heterocycles. The molecule has 0 amide bonds. The third-order valence-corrected chi connectivity index (χ3v) is 3.96. The van der Waals surface area contributed by atoms with Gasteiger partial charge in [0, 0.05) is 0 Å². The minimum atomic E-state index is 0.770. The molecule has 0 saturated heterocycles. The Balaban J connectivity index is 1.99. The van der Waals surface area contributed by atoms with Gasteiger partial charge < -0.3 is 0 Å². The maximum atomic E-state index is 3.90. The lowest BCUT2D eigenvalue weighted by atomic mass is 9.78. The van der Waals surface area contributed by atoms with Gasteiger partial charge in [-0.25, -0.2) is 0 Å². The minimum Gasteiger partial charge on any atom is -0.103 e. The first-order chi connectivity index (χ1) is 7.83. The summed E-state index contributed by atoms with van der Waals surface area (Å²) in [5, 5.41) is 0. The van der Waals surface area contributed by atoms with E-state index in [1.807, 2.05) is 0 Å². The van der Waals surface area contributed by atoms with E-state index < -0.39 is 0 Å². The summed E-state index contributed by atoms with van der Waals surface area (Å²) in [6, 6.07) is 9.24. The summed E-state index contributed by atoms with van der Waals surface area (Å²) in [6.07, 6.45) is 8.59. The van der Waals surface area contributed by atoms with Gasteiger partial charge in [-0.05, 0) is 55.1 Å². The van der Waals surface area contributed by atoms with E-state index in [0.29, 0.717) is 0 Å². The van der Waals surface area contributed by atoms with Crippen LogP contribution in [0, 0.1) is 5.92 Å². The summed E-state index contributed by atoms with van der Waals surface area (Å²) >= 11 is 0. The number of hydrogen-bond donors (Lipinski definition) is 0. The SMILES string of the molecule is C=CC1CCC(c2ccc(CC)cc2)CC1. The molecular formula is C16H22. The highest BCUT2D eigenvalue weighted by atomic mass is 14.2. The molecule has 2 rings (SSSR count). The summed E-state index contributed by atoms with van der Waals surface area (Å²) in [6.45, 7) is 6.12. The molecule has 1 aromatic rings. The predicted octanol–water partition coefficient (Wildman–Crippen LogP) is 4.71. The lowest BCUT2D eigenvalue weighted by Crippen LogP contribution is -2.11. The van der Waals surface area contributed by atoms with Crippen molar-refractivity contribution in [1.29, 1.82) is 0 Å². The summed E-state index contributed by atoms with van der Waals surface area (Å²) in [4.78, 5) is 0. The van der Waals surface area contributed by atoms with Crippen LogP contribution in [0.15, 0.2) is 36.9 Å². The summed E-state index contributed by atoms with van der Waals surface area (Å²) < 4.78 is 0. The fourth-order valence-electron chi connectivity index (χ4n) is 2.71. The smallest absolute Gasteiger partial charge is 0.0162 e. The first-order valence-electron chi connectivity index (χ1n) is 6.55. The van der Waals surface area contributed by atoms with Crippen molar-refractivity contribution in [3.05, 3.63) is 48.0 Å². The molecule has 0 spiro atoms. The standard InChI is InChI=1S/C16H22/c1-3-13-5-9-15(10-6-13)16-11-7-14(4-2)8-12-16/h3,7-8,11-13,15H,1,4-6,9-10H2,2H3. The van der Waals surface area contributed by atoms with Crippen molar-refractivity contribution in [1.82, 2.24) is 0 Å². The quantitative estimate of drug-likeness (QED) is 0.639. The van der Waals surface area contributed by atoms with Crippen molar-refractivity contribution in [2.45, 2.75) is 44.9 Å². The lowest BCUT2D eigenvalue weighted by Gasteiger charge is -2.27. The third kappa shape index (κ3) is 2.55. The average molecular weight is 214 g/mol. The first kappa shape index (κ1) is 11.4. The fraction of sp³-hybridized carbons (Fsp3) is 0.500. The molecule has 0 heteroatoms. The summed E-state index contributed by atoms with van der Waals surface area (Å²) in [5.74, 6) is 1.56. The molecule has 1 aromatic carbocycles. The Labute approximate surface area is 99.4 Å². The molecule has 1 fully saturated rings. The molecule has 0 atom stereocenters. The zero-order chi connectivity index (χ0) is 11.4. The van der Waals surface area contributed by atoms with E-state index in [0.717, 1.165) is 18.3 Å². The van der Waals surface area contributed by atoms with Crippen LogP contribution in [0.25, 0.3) is 0 Å². The van der Waals surface area contributed by atoms with Crippen LogP contribution >= 0.6 is 0 Å². The second-order valence-corrected chi connectivity index (χ2v) is 4.94. The normalized spacial score (nSPS) is 25.3. The fourth-order valence-corrected chi connectivity index (χ4v) is 2.71. The van der Waals surface area contributed by atoms with E-state index in [-0.39, 0.29) is 0 Å². The molecule has 0 aromatic heterocycles. The Bertz CT molecular complexity index is 326. The molecule has 1 saturated carbocycles. The summed E-state index contributed by atoms with van der Waals surface area (Å²) in [7, 11) is 0. The van der Waals surface area contributed by atoms with Gasteiger partial charge in [0.05, 0.1) is 0 Å². The third-order valence-electron chi connectivity index (χ3n) is 3.96. The lowest BCUT2D eigenvalue weighted by molar-refractivity contribution is 0.376. The molecule has 16 heavy (non-hydrogen) atoms. The zero-order valence-corrected chi connectivity index (χ0v) is 10.3. The van der Waals surface area contributed by atoms with Crippen molar-refractivity contribution >= 4 is 0 Å². The monoisotopic (exact) mass is 214 g/mol. The second-order valence-electron chi connectivity index (χ2n) is 4.94. The van der Waals surface area contributed by atoms with E-state index in [2.05, 4.69) is 43.8 Å². The highest BCUT2D eigenvalue weighted by Gasteiger charge is 2.20. The Morgan fingerprint density at radius 2 is 1.75 bits per heavy atom. The van der Waals surface area contributed by atoms with E-state index in [9.17, 15) is 0 Å². The number of hydrogen-bond acceptors (Lipinski definition) is 0. The van der Waals surface area contributed by atoms with Crippen molar-refractivity contribution in [2.24, 2.45) is 5.92 Å². The molecular weight excluding hydrogens is 192 g/mol. The molecule has 0 N–H and O–H groups in total. The van der Waals surface area contributed by atoms with Crippen molar-refractivity contribution in [2.75, 3.05) is 0 Å². The topological polar surface area (TPSA) is 0 Å². The van der Waals surface area contributed by atoms with Crippen molar-refractivity contribution in [3.63, 3.8) is 0 Å². The highest BCUT2D eigenvalue weighted by Crippen LogP contribution is 2.36. The number of allylic oxidation sites excluding steroid dienone is 1. The second kappa shape index (κ2) is 5.34. The van der Waals surface area contributed by atoms with Gasteiger partial charge in [-0.2, -0.15) is 0 Å². The van der Waals surface area contributed by atoms with Crippen LogP contribution in [0.1, 0.15) is 49.7 Å². The molecule has 1 aliphatic rings. The Morgan fingerprint density at radius 3 is 2.25 bits per heavy atom. The average Bonchev–Trinajstić information content (AvgIpc) is 2.39. The minimum absolute atomic E-state index is 0.770. The predicted molar refractivity (Wildman–Crippen MR) is 70.7 cm³/mol. The van der Waals surface area contributed by atoms with Crippen LogP contribution in [0.3, 0.4) is 0 Å². The van der Waals surface area contributed by atoms with Crippen LogP contribution < -0.4 is 0 Å². The van der Waals surface area contributed by atoms with E-state index in [4.69, 9.17) is 0 Å².